The van der Waals surface area contributed by atoms with E-state index in [1.54, 1.807) is 24.3 Å². The van der Waals surface area contributed by atoms with Gasteiger partial charge in [0.25, 0.3) is 0 Å². The highest BCUT2D eigenvalue weighted by atomic mass is 19.1. The number of aliphatic hydroxyl groups is 1. The first-order chi connectivity index (χ1) is 11.6. The molecule has 24 heavy (non-hydrogen) atoms. The van der Waals surface area contributed by atoms with Crippen molar-refractivity contribution in [2.24, 2.45) is 0 Å². The number of hydrogen-bond acceptors (Lipinski definition) is 4. The van der Waals surface area contributed by atoms with E-state index in [1.165, 1.54) is 6.07 Å². The summed E-state index contributed by atoms with van der Waals surface area (Å²) < 4.78 is 32.2. The Bertz CT molecular complexity index is 859. The first kappa shape index (κ1) is 16.1. The van der Waals surface area contributed by atoms with E-state index in [1.807, 2.05) is 0 Å². The number of benzene rings is 2. The van der Waals surface area contributed by atoms with Crippen LogP contribution < -0.4 is 5.32 Å². The highest BCUT2D eigenvalue weighted by Gasteiger charge is 2.19. The fourth-order valence-electron chi connectivity index (χ4n) is 2.42. The van der Waals surface area contributed by atoms with E-state index in [-0.39, 0.29) is 13.0 Å². The standard InChI is InChI=1S/C17H14F2N2O3/c18-11-5-3-6-12(19)17(11)14(22)9-20-16(23)8-13-10-4-1-2-7-15(10)24-21-13/h1-7,14,22H,8-9H2,(H,20,23). The van der Waals surface area contributed by atoms with Crippen LogP contribution in [-0.2, 0) is 11.2 Å². The highest BCUT2D eigenvalue weighted by molar-refractivity contribution is 5.86. The van der Waals surface area contributed by atoms with E-state index in [0.29, 0.717) is 16.7 Å². The Labute approximate surface area is 135 Å². The Hall–Kier alpha value is -2.80. The Balaban J connectivity index is 1.63. The zero-order valence-corrected chi connectivity index (χ0v) is 12.5. The first-order valence-corrected chi connectivity index (χ1v) is 7.28. The summed E-state index contributed by atoms with van der Waals surface area (Å²) in [5.74, 6) is -2.16. The van der Waals surface area contributed by atoms with Crippen molar-refractivity contribution in [2.75, 3.05) is 6.54 Å². The second-order valence-electron chi connectivity index (χ2n) is 5.26. The molecular formula is C17H14F2N2O3. The highest BCUT2D eigenvalue weighted by Crippen LogP contribution is 2.20. The van der Waals surface area contributed by atoms with Gasteiger partial charge in [0.2, 0.25) is 5.91 Å². The minimum absolute atomic E-state index is 0.0660. The van der Waals surface area contributed by atoms with E-state index in [9.17, 15) is 18.7 Å². The van der Waals surface area contributed by atoms with Gasteiger partial charge in [0.1, 0.15) is 23.4 Å². The Morgan fingerprint density at radius 3 is 2.62 bits per heavy atom. The molecule has 1 amide bonds. The molecule has 0 aliphatic rings. The fraction of sp³-hybridized carbons (Fsp3) is 0.176. The summed E-state index contributed by atoms with van der Waals surface area (Å²) in [4.78, 5) is 12.0. The molecule has 3 rings (SSSR count). The maximum Gasteiger partial charge on any atom is 0.226 e. The molecule has 0 saturated heterocycles. The van der Waals surface area contributed by atoms with E-state index >= 15 is 0 Å². The lowest BCUT2D eigenvalue weighted by Gasteiger charge is -2.13. The van der Waals surface area contributed by atoms with Crippen LogP contribution in [0.25, 0.3) is 11.0 Å². The summed E-state index contributed by atoms with van der Waals surface area (Å²) in [6, 6.07) is 10.4. The van der Waals surface area contributed by atoms with E-state index in [2.05, 4.69) is 10.5 Å². The summed E-state index contributed by atoms with van der Waals surface area (Å²) in [6.45, 7) is -0.313. The number of para-hydroxylation sites is 1. The summed E-state index contributed by atoms with van der Waals surface area (Å²) in [5.41, 5.74) is 0.549. The zero-order chi connectivity index (χ0) is 17.1. The van der Waals surface area contributed by atoms with Gasteiger partial charge < -0.3 is 14.9 Å². The zero-order valence-electron chi connectivity index (χ0n) is 12.5. The van der Waals surface area contributed by atoms with Crippen molar-refractivity contribution in [1.29, 1.82) is 0 Å². The molecule has 124 valence electrons. The molecule has 1 unspecified atom stereocenters. The Morgan fingerprint density at radius 1 is 1.17 bits per heavy atom. The third kappa shape index (κ3) is 3.26. The largest absolute Gasteiger partial charge is 0.386 e. The van der Waals surface area contributed by atoms with E-state index in [4.69, 9.17) is 4.52 Å². The van der Waals surface area contributed by atoms with Gasteiger partial charge in [-0.1, -0.05) is 23.4 Å². The van der Waals surface area contributed by atoms with Crippen molar-refractivity contribution < 1.29 is 23.2 Å². The maximum absolute atomic E-state index is 13.6. The van der Waals surface area contributed by atoms with Gasteiger partial charge in [-0.25, -0.2) is 8.78 Å². The molecule has 2 N–H and O–H groups in total. The van der Waals surface area contributed by atoms with Gasteiger partial charge in [-0.15, -0.1) is 0 Å². The van der Waals surface area contributed by atoms with Crippen LogP contribution in [0.2, 0.25) is 0 Å². The summed E-state index contributed by atoms with van der Waals surface area (Å²) >= 11 is 0. The van der Waals surface area contributed by atoms with Gasteiger partial charge in [0, 0.05) is 11.9 Å². The van der Waals surface area contributed by atoms with Crippen molar-refractivity contribution >= 4 is 16.9 Å². The molecule has 0 aliphatic heterocycles. The molecule has 0 saturated carbocycles. The van der Waals surface area contributed by atoms with Crippen LogP contribution in [0.5, 0.6) is 0 Å². The van der Waals surface area contributed by atoms with E-state index in [0.717, 1.165) is 12.1 Å². The molecule has 0 bridgehead atoms. The van der Waals surface area contributed by atoms with Crippen LogP contribution in [0, 0.1) is 11.6 Å². The number of aromatic nitrogens is 1. The molecule has 2 aromatic carbocycles. The maximum atomic E-state index is 13.6. The van der Waals surface area contributed by atoms with Crippen molar-refractivity contribution in [3.8, 4) is 0 Å². The van der Waals surface area contributed by atoms with Crippen LogP contribution in [0.1, 0.15) is 17.4 Å². The quantitative estimate of drug-likeness (QED) is 0.753. The van der Waals surface area contributed by atoms with Gasteiger partial charge in [-0.05, 0) is 24.3 Å². The van der Waals surface area contributed by atoms with Crippen LogP contribution in [0.3, 0.4) is 0 Å². The normalized spacial score (nSPS) is 12.3. The number of fused-ring (bicyclic) bond motifs is 1. The molecule has 1 heterocycles. The minimum Gasteiger partial charge on any atom is -0.386 e. The lowest BCUT2D eigenvalue weighted by Crippen LogP contribution is -2.30. The molecule has 0 aliphatic carbocycles. The molecule has 0 spiro atoms. The number of carbonyl (C=O) groups excluding carboxylic acids is 1. The predicted molar refractivity (Wildman–Crippen MR) is 82.0 cm³/mol. The fourth-order valence-corrected chi connectivity index (χ4v) is 2.42. The monoisotopic (exact) mass is 332 g/mol. The molecule has 7 heteroatoms. The summed E-state index contributed by atoms with van der Waals surface area (Å²) in [5, 5.41) is 16.9. The van der Waals surface area contributed by atoms with Crippen molar-refractivity contribution in [3.63, 3.8) is 0 Å². The molecule has 1 atom stereocenters. The number of aliphatic hydroxyl groups excluding tert-OH is 1. The van der Waals surface area contributed by atoms with Gasteiger partial charge in [0.05, 0.1) is 12.0 Å². The third-order valence-corrected chi connectivity index (χ3v) is 3.61. The Kier molecular flexibility index (Phi) is 4.52. The van der Waals surface area contributed by atoms with Gasteiger partial charge >= 0.3 is 0 Å². The predicted octanol–water partition coefficient (Wildman–Crippen LogP) is 2.50. The average Bonchev–Trinajstić information content (AvgIpc) is 2.96. The first-order valence-electron chi connectivity index (χ1n) is 7.28. The summed E-state index contributed by atoms with van der Waals surface area (Å²) in [7, 11) is 0. The average molecular weight is 332 g/mol. The molecule has 3 aromatic rings. The van der Waals surface area contributed by atoms with Crippen molar-refractivity contribution in [3.05, 3.63) is 65.4 Å². The molecule has 0 fully saturated rings. The number of nitrogens with one attached hydrogen (secondary N) is 1. The van der Waals surface area contributed by atoms with Gasteiger partial charge in [-0.2, -0.15) is 0 Å². The SMILES string of the molecule is O=C(Cc1noc2ccccc12)NCC(O)c1c(F)cccc1F. The van der Waals surface area contributed by atoms with Crippen molar-refractivity contribution in [2.45, 2.75) is 12.5 Å². The van der Waals surface area contributed by atoms with Crippen LogP contribution in [-0.4, -0.2) is 22.7 Å². The number of nitrogens with zero attached hydrogens (tertiary/aromatic N) is 1. The third-order valence-electron chi connectivity index (χ3n) is 3.61. The number of halogens is 2. The van der Waals surface area contributed by atoms with Gasteiger partial charge in [-0.3, -0.25) is 4.79 Å². The molecule has 1 aromatic heterocycles. The topological polar surface area (TPSA) is 75.4 Å². The second kappa shape index (κ2) is 6.76. The smallest absolute Gasteiger partial charge is 0.226 e. The minimum atomic E-state index is -1.48. The van der Waals surface area contributed by atoms with Crippen LogP contribution >= 0.6 is 0 Å². The number of rotatable bonds is 5. The van der Waals surface area contributed by atoms with Crippen LogP contribution in [0.15, 0.2) is 47.0 Å². The van der Waals surface area contributed by atoms with Crippen molar-refractivity contribution in [1.82, 2.24) is 10.5 Å². The molecule has 0 radical (unpaired) electrons. The molecule has 5 nitrogen and oxygen atoms in total. The van der Waals surface area contributed by atoms with Gasteiger partial charge in [0.15, 0.2) is 5.58 Å². The Morgan fingerprint density at radius 2 is 1.88 bits per heavy atom. The van der Waals surface area contributed by atoms with Crippen LogP contribution in [0.4, 0.5) is 8.78 Å². The number of amides is 1. The molecular weight excluding hydrogens is 318 g/mol. The lowest BCUT2D eigenvalue weighted by molar-refractivity contribution is -0.121. The summed E-state index contributed by atoms with van der Waals surface area (Å²) in [6.07, 6.45) is -1.55. The number of carbonyl (C=O) groups is 1. The second-order valence-corrected chi connectivity index (χ2v) is 5.26. The van der Waals surface area contributed by atoms with E-state index < -0.39 is 29.2 Å². The number of hydrogen-bond donors (Lipinski definition) is 2. The lowest BCUT2D eigenvalue weighted by atomic mass is 10.1.